The zero-order valence-corrected chi connectivity index (χ0v) is 17.2. The van der Waals surface area contributed by atoms with Gasteiger partial charge in [-0.3, -0.25) is 9.59 Å². The highest BCUT2D eigenvalue weighted by molar-refractivity contribution is 9.10. The lowest BCUT2D eigenvalue weighted by atomic mass is 9.48. The Hall–Kier alpha value is -0.900. The summed E-state index contributed by atoms with van der Waals surface area (Å²) in [5.74, 6) is 1.89. The Morgan fingerprint density at radius 3 is 2.62 bits per heavy atom. The van der Waals surface area contributed by atoms with Gasteiger partial charge in [0.1, 0.15) is 5.60 Å². The van der Waals surface area contributed by atoms with Crippen LogP contribution in [0.4, 0.5) is 0 Å². The number of hydrogen-bond donors (Lipinski definition) is 0. The second kappa shape index (κ2) is 5.33. The molecule has 0 radical (unpaired) electrons. The maximum atomic E-state index is 12.2. The third kappa shape index (κ3) is 2.00. The molecule has 1 saturated heterocycles. The topological polar surface area (TPSA) is 43.4 Å². The number of carbonyl (C=O) groups excluding carboxylic acids is 2. The minimum Gasteiger partial charge on any atom is -0.458 e. The van der Waals surface area contributed by atoms with E-state index < -0.39 is 0 Å². The predicted octanol–water partition coefficient (Wildman–Crippen LogP) is 4.74. The van der Waals surface area contributed by atoms with E-state index in [-0.39, 0.29) is 33.0 Å². The number of halogens is 1. The predicted molar refractivity (Wildman–Crippen MR) is 103 cm³/mol. The fraction of sp³-hybridized carbons (Fsp3) is 0.727. The minimum absolute atomic E-state index is 0.00158. The first-order valence-electron chi connectivity index (χ1n) is 10.1. The van der Waals surface area contributed by atoms with Crippen molar-refractivity contribution < 1.29 is 14.3 Å². The van der Waals surface area contributed by atoms with Crippen LogP contribution in [0.3, 0.4) is 0 Å². The van der Waals surface area contributed by atoms with Gasteiger partial charge < -0.3 is 4.74 Å². The van der Waals surface area contributed by atoms with Gasteiger partial charge in [-0.2, -0.15) is 0 Å². The molecule has 1 spiro atoms. The zero-order valence-electron chi connectivity index (χ0n) is 15.6. The quantitative estimate of drug-likeness (QED) is 0.421. The van der Waals surface area contributed by atoms with Crippen molar-refractivity contribution in [2.45, 2.75) is 69.2 Å². The molecule has 5 aliphatic rings. The van der Waals surface area contributed by atoms with Crippen LogP contribution < -0.4 is 0 Å². The van der Waals surface area contributed by atoms with Crippen LogP contribution in [0.1, 0.15) is 58.8 Å². The number of carbonyl (C=O) groups is 2. The van der Waals surface area contributed by atoms with E-state index in [1.165, 1.54) is 5.57 Å². The first kappa shape index (κ1) is 17.2. The average Bonchev–Trinajstić information content (AvgIpc) is 3.10. The van der Waals surface area contributed by atoms with E-state index in [2.05, 4.69) is 41.9 Å². The van der Waals surface area contributed by atoms with Gasteiger partial charge >= 0.3 is 5.97 Å². The molecule has 26 heavy (non-hydrogen) atoms. The van der Waals surface area contributed by atoms with Gasteiger partial charge in [-0.05, 0) is 73.3 Å². The molecule has 4 aliphatic carbocycles. The minimum atomic E-state index is -0.217. The molecule has 1 aliphatic heterocycles. The van der Waals surface area contributed by atoms with Crippen molar-refractivity contribution in [1.29, 1.82) is 0 Å². The summed E-state index contributed by atoms with van der Waals surface area (Å²) >= 11 is 3.61. The Balaban J connectivity index is 1.53. The third-order valence-corrected chi connectivity index (χ3v) is 9.63. The molecule has 4 heteroatoms. The van der Waals surface area contributed by atoms with Crippen molar-refractivity contribution in [2.24, 2.45) is 28.6 Å². The lowest BCUT2D eigenvalue weighted by Gasteiger charge is -2.57. The molecule has 0 aromatic heterocycles. The van der Waals surface area contributed by atoms with E-state index in [0.29, 0.717) is 24.2 Å². The van der Waals surface area contributed by atoms with Gasteiger partial charge in [0.2, 0.25) is 0 Å². The Kier molecular flexibility index (Phi) is 3.53. The fourth-order valence-corrected chi connectivity index (χ4v) is 8.13. The summed E-state index contributed by atoms with van der Waals surface area (Å²) in [6.45, 7) is 4.75. The zero-order chi connectivity index (χ0) is 18.3. The van der Waals surface area contributed by atoms with Gasteiger partial charge in [-0.1, -0.05) is 41.9 Å². The van der Waals surface area contributed by atoms with Crippen molar-refractivity contribution in [2.75, 3.05) is 0 Å². The standard InChI is InChI=1S/C22H27BrO3/c1-20-12-17(23)18(24)11-13(20)3-4-14-15(20)5-8-21(2)16(14)6-9-22(21)10-7-19(25)26-22/h3-4,11,14-17H,5-10,12H2,1-2H3/t14-,15+,16+,17-,20+,21+,22-/m1/s1. The maximum Gasteiger partial charge on any atom is 0.306 e. The maximum absolute atomic E-state index is 12.2. The molecular formula is C22H27BrO3. The van der Waals surface area contributed by atoms with E-state index in [4.69, 9.17) is 4.74 Å². The van der Waals surface area contributed by atoms with Gasteiger partial charge in [-0.15, -0.1) is 0 Å². The molecule has 3 nitrogen and oxygen atoms in total. The molecular weight excluding hydrogens is 392 g/mol. The molecule has 0 unspecified atom stereocenters. The van der Waals surface area contributed by atoms with Crippen molar-refractivity contribution in [1.82, 2.24) is 0 Å². The largest absolute Gasteiger partial charge is 0.458 e. The Morgan fingerprint density at radius 1 is 1.12 bits per heavy atom. The summed E-state index contributed by atoms with van der Waals surface area (Å²) in [6, 6.07) is 0. The summed E-state index contributed by atoms with van der Waals surface area (Å²) < 4.78 is 6.00. The average molecular weight is 419 g/mol. The molecule has 140 valence electrons. The number of alkyl halides is 1. The van der Waals surface area contributed by atoms with Gasteiger partial charge in [-0.25, -0.2) is 0 Å². The van der Waals surface area contributed by atoms with Crippen LogP contribution >= 0.6 is 15.9 Å². The number of esters is 1. The second-order valence-corrected chi connectivity index (χ2v) is 10.8. The number of allylic oxidation sites excluding steroid dienone is 4. The monoisotopic (exact) mass is 418 g/mol. The van der Waals surface area contributed by atoms with E-state index in [1.807, 2.05) is 6.08 Å². The molecule has 0 bridgehead atoms. The Labute approximate surface area is 163 Å². The molecule has 5 rings (SSSR count). The first-order chi connectivity index (χ1) is 12.3. The summed E-state index contributed by atoms with van der Waals surface area (Å²) in [4.78, 5) is 24.1. The second-order valence-electron chi connectivity index (χ2n) is 9.70. The highest BCUT2D eigenvalue weighted by Crippen LogP contribution is 2.68. The molecule has 0 aromatic carbocycles. The smallest absolute Gasteiger partial charge is 0.306 e. The summed E-state index contributed by atoms with van der Waals surface area (Å²) in [7, 11) is 0. The third-order valence-electron chi connectivity index (χ3n) is 8.85. The summed E-state index contributed by atoms with van der Waals surface area (Å²) in [5.41, 5.74) is 1.18. The SMILES string of the molecule is C[C@]12C[C@@H](Br)C(=O)C=C1C=C[C@@H]1[C@@H]2CC[C@@]2(C)[C@H]1CC[C@@]21CCC(=O)O1. The summed E-state index contributed by atoms with van der Waals surface area (Å²) in [5, 5.41) is 0. The molecule has 7 atom stereocenters. The molecule has 0 aromatic rings. The fourth-order valence-electron chi connectivity index (χ4n) is 7.32. The van der Waals surface area contributed by atoms with Crippen molar-refractivity contribution in [3.8, 4) is 0 Å². The van der Waals surface area contributed by atoms with Crippen LogP contribution in [0.15, 0.2) is 23.8 Å². The highest BCUT2D eigenvalue weighted by atomic mass is 79.9. The highest BCUT2D eigenvalue weighted by Gasteiger charge is 2.66. The van der Waals surface area contributed by atoms with Crippen LogP contribution in [0.5, 0.6) is 0 Å². The number of ketones is 1. The van der Waals surface area contributed by atoms with Gasteiger partial charge in [0, 0.05) is 11.8 Å². The van der Waals surface area contributed by atoms with Gasteiger partial charge in [0.15, 0.2) is 5.78 Å². The molecule has 0 amide bonds. The normalized spacial score (nSPS) is 52.3. The van der Waals surface area contributed by atoms with Crippen LogP contribution in [0.25, 0.3) is 0 Å². The Bertz CT molecular complexity index is 754. The molecule has 3 fully saturated rings. The molecule has 2 saturated carbocycles. The van der Waals surface area contributed by atoms with E-state index in [9.17, 15) is 9.59 Å². The number of hydrogen-bond acceptors (Lipinski definition) is 3. The number of rotatable bonds is 0. The lowest BCUT2D eigenvalue weighted by molar-refractivity contribution is -0.165. The van der Waals surface area contributed by atoms with Crippen molar-refractivity contribution in [3.63, 3.8) is 0 Å². The van der Waals surface area contributed by atoms with Crippen LogP contribution in [-0.4, -0.2) is 22.2 Å². The molecule has 0 N–H and O–H groups in total. The van der Waals surface area contributed by atoms with Gasteiger partial charge in [0.05, 0.1) is 4.83 Å². The van der Waals surface area contributed by atoms with Gasteiger partial charge in [0.25, 0.3) is 0 Å². The summed E-state index contributed by atoms with van der Waals surface area (Å²) in [6.07, 6.45) is 13.3. The lowest BCUT2D eigenvalue weighted by Crippen LogP contribution is -2.54. The van der Waals surface area contributed by atoms with E-state index in [1.54, 1.807) is 0 Å². The van der Waals surface area contributed by atoms with E-state index >= 15 is 0 Å². The van der Waals surface area contributed by atoms with Crippen LogP contribution in [0.2, 0.25) is 0 Å². The van der Waals surface area contributed by atoms with E-state index in [0.717, 1.165) is 38.5 Å². The number of ether oxygens (including phenoxy) is 1. The van der Waals surface area contributed by atoms with Crippen LogP contribution in [-0.2, 0) is 14.3 Å². The number of fused-ring (bicyclic) bond motifs is 6. The van der Waals surface area contributed by atoms with Crippen molar-refractivity contribution in [3.05, 3.63) is 23.8 Å². The molecule has 1 heterocycles. The Morgan fingerprint density at radius 2 is 1.88 bits per heavy atom. The first-order valence-corrected chi connectivity index (χ1v) is 11.0. The van der Waals surface area contributed by atoms with Crippen LogP contribution in [0, 0.1) is 28.6 Å². The van der Waals surface area contributed by atoms with Crippen molar-refractivity contribution >= 4 is 27.7 Å².